The SMILES string of the molecule is CCN(CC(=O)N(C)C)C(=O)N(CC)C(C)CC(=O)O. The summed E-state index contributed by atoms with van der Waals surface area (Å²) in [5.41, 5.74) is 0. The summed E-state index contributed by atoms with van der Waals surface area (Å²) in [6.07, 6.45) is -0.112. The van der Waals surface area contributed by atoms with Gasteiger partial charge >= 0.3 is 12.0 Å². The van der Waals surface area contributed by atoms with Crippen LogP contribution in [0, 0.1) is 0 Å². The maximum atomic E-state index is 12.4. The fourth-order valence-corrected chi connectivity index (χ4v) is 1.80. The first-order valence-electron chi connectivity index (χ1n) is 6.72. The Morgan fingerprint density at radius 3 is 2.00 bits per heavy atom. The van der Waals surface area contributed by atoms with Crippen molar-refractivity contribution in [3.05, 3.63) is 0 Å². The second-order valence-electron chi connectivity index (χ2n) is 4.82. The molecule has 7 nitrogen and oxygen atoms in total. The van der Waals surface area contributed by atoms with Gasteiger partial charge in [0.2, 0.25) is 5.91 Å². The van der Waals surface area contributed by atoms with Crippen LogP contribution in [0.3, 0.4) is 0 Å². The lowest BCUT2D eigenvalue weighted by Crippen LogP contribution is -2.50. The maximum Gasteiger partial charge on any atom is 0.320 e. The van der Waals surface area contributed by atoms with Gasteiger partial charge in [-0.2, -0.15) is 0 Å². The number of carbonyl (C=O) groups excluding carboxylic acids is 2. The minimum atomic E-state index is -0.948. The summed E-state index contributed by atoms with van der Waals surface area (Å²) in [6, 6.07) is -0.715. The number of carboxylic acids is 1. The molecule has 0 aromatic heterocycles. The summed E-state index contributed by atoms with van der Waals surface area (Å²) in [7, 11) is 3.26. The highest BCUT2D eigenvalue weighted by atomic mass is 16.4. The van der Waals surface area contributed by atoms with Gasteiger partial charge in [0.1, 0.15) is 6.54 Å². The van der Waals surface area contributed by atoms with E-state index in [1.54, 1.807) is 34.9 Å². The lowest BCUT2D eigenvalue weighted by Gasteiger charge is -2.33. The monoisotopic (exact) mass is 287 g/mol. The van der Waals surface area contributed by atoms with Crippen molar-refractivity contribution >= 4 is 17.9 Å². The molecule has 3 amide bonds. The molecule has 1 unspecified atom stereocenters. The number of rotatable bonds is 7. The average molecular weight is 287 g/mol. The lowest BCUT2D eigenvalue weighted by atomic mass is 10.2. The van der Waals surface area contributed by atoms with Crippen LogP contribution in [0.1, 0.15) is 27.2 Å². The minimum absolute atomic E-state index is 0.00136. The van der Waals surface area contributed by atoms with E-state index in [2.05, 4.69) is 0 Å². The Bertz CT molecular complexity index is 358. The Labute approximate surface area is 120 Å². The van der Waals surface area contributed by atoms with Crippen molar-refractivity contribution in [1.29, 1.82) is 0 Å². The number of hydrogen-bond acceptors (Lipinski definition) is 3. The van der Waals surface area contributed by atoms with Gasteiger partial charge in [0.05, 0.1) is 6.42 Å². The molecule has 0 spiro atoms. The van der Waals surface area contributed by atoms with Crippen LogP contribution in [0.15, 0.2) is 0 Å². The van der Waals surface area contributed by atoms with Gasteiger partial charge < -0.3 is 19.8 Å². The van der Waals surface area contributed by atoms with Gasteiger partial charge in [0.25, 0.3) is 0 Å². The number of amides is 3. The molecule has 0 saturated carbocycles. The van der Waals surface area contributed by atoms with Crippen molar-refractivity contribution < 1.29 is 19.5 Å². The summed E-state index contributed by atoms with van der Waals surface area (Å²) in [5, 5.41) is 8.81. The Hall–Kier alpha value is -1.79. The van der Waals surface area contributed by atoms with E-state index in [0.29, 0.717) is 13.1 Å². The standard InChI is InChI=1S/C13H25N3O4/c1-6-15(9-11(17)14(4)5)13(20)16(7-2)10(3)8-12(18)19/h10H,6-9H2,1-5H3,(H,18,19). The van der Waals surface area contributed by atoms with Crippen LogP contribution in [0.25, 0.3) is 0 Å². The topological polar surface area (TPSA) is 81.2 Å². The van der Waals surface area contributed by atoms with Crippen molar-refractivity contribution in [2.75, 3.05) is 33.7 Å². The minimum Gasteiger partial charge on any atom is -0.481 e. The van der Waals surface area contributed by atoms with E-state index >= 15 is 0 Å². The fraction of sp³-hybridized carbons (Fsp3) is 0.769. The third-order valence-corrected chi connectivity index (χ3v) is 3.07. The highest BCUT2D eigenvalue weighted by molar-refractivity contribution is 5.84. The smallest absolute Gasteiger partial charge is 0.320 e. The number of nitrogens with zero attached hydrogens (tertiary/aromatic N) is 3. The molecular formula is C13H25N3O4. The molecule has 0 radical (unpaired) electrons. The van der Waals surface area contributed by atoms with Gasteiger partial charge in [-0.05, 0) is 20.8 Å². The lowest BCUT2D eigenvalue weighted by molar-refractivity contribution is -0.138. The second kappa shape index (κ2) is 8.39. The first-order valence-corrected chi connectivity index (χ1v) is 6.72. The number of carbonyl (C=O) groups is 3. The Morgan fingerprint density at radius 1 is 1.10 bits per heavy atom. The fourth-order valence-electron chi connectivity index (χ4n) is 1.80. The van der Waals surface area contributed by atoms with Crippen molar-refractivity contribution in [3.63, 3.8) is 0 Å². The number of hydrogen-bond donors (Lipinski definition) is 1. The van der Waals surface area contributed by atoms with Gasteiger partial charge in [-0.25, -0.2) is 4.79 Å². The van der Waals surface area contributed by atoms with E-state index in [4.69, 9.17) is 5.11 Å². The van der Waals surface area contributed by atoms with E-state index in [1.165, 1.54) is 14.7 Å². The van der Waals surface area contributed by atoms with E-state index in [-0.39, 0.29) is 24.9 Å². The highest BCUT2D eigenvalue weighted by Crippen LogP contribution is 2.08. The Morgan fingerprint density at radius 2 is 1.65 bits per heavy atom. The zero-order valence-electron chi connectivity index (χ0n) is 12.9. The predicted octanol–water partition coefficient (Wildman–Crippen LogP) is 0.702. The van der Waals surface area contributed by atoms with Crippen molar-refractivity contribution in [3.8, 4) is 0 Å². The van der Waals surface area contributed by atoms with Gasteiger partial charge in [-0.1, -0.05) is 0 Å². The molecule has 0 aliphatic carbocycles. The van der Waals surface area contributed by atoms with Gasteiger partial charge in [-0.15, -0.1) is 0 Å². The molecule has 0 heterocycles. The first kappa shape index (κ1) is 18.2. The van der Waals surface area contributed by atoms with E-state index in [1.807, 2.05) is 0 Å². The third kappa shape index (κ3) is 5.46. The molecule has 0 rings (SSSR count). The number of urea groups is 1. The van der Waals surface area contributed by atoms with Crippen LogP contribution >= 0.6 is 0 Å². The number of carboxylic acid groups (broad SMARTS) is 1. The normalized spacial score (nSPS) is 11.7. The summed E-state index contributed by atoms with van der Waals surface area (Å²) < 4.78 is 0. The summed E-state index contributed by atoms with van der Waals surface area (Å²) in [4.78, 5) is 39.1. The molecular weight excluding hydrogens is 262 g/mol. The molecule has 0 aliphatic heterocycles. The van der Waals surface area contributed by atoms with E-state index in [0.717, 1.165) is 0 Å². The molecule has 0 aliphatic rings. The summed E-state index contributed by atoms with van der Waals surface area (Å²) in [5.74, 6) is -1.11. The van der Waals surface area contributed by atoms with Gasteiger partial charge in [0, 0.05) is 33.2 Å². The quantitative estimate of drug-likeness (QED) is 0.747. The Kier molecular flexibility index (Phi) is 7.64. The molecule has 0 aromatic rings. The van der Waals surface area contributed by atoms with Gasteiger partial charge in [0.15, 0.2) is 0 Å². The zero-order valence-corrected chi connectivity index (χ0v) is 12.9. The molecule has 0 saturated heterocycles. The Balaban J connectivity index is 4.85. The van der Waals surface area contributed by atoms with Crippen LogP contribution in [0.4, 0.5) is 4.79 Å². The van der Waals surface area contributed by atoms with Crippen LogP contribution in [-0.4, -0.2) is 77.5 Å². The molecule has 1 N–H and O–H groups in total. The van der Waals surface area contributed by atoms with Crippen LogP contribution in [0.2, 0.25) is 0 Å². The predicted molar refractivity (Wildman–Crippen MR) is 75.4 cm³/mol. The number of aliphatic carboxylic acids is 1. The first-order chi connectivity index (χ1) is 9.24. The third-order valence-electron chi connectivity index (χ3n) is 3.07. The van der Waals surface area contributed by atoms with Crippen LogP contribution < -0.4 is 0 Å². The molecule has 0 fully saturated rings. The maximum absolute atomic E-state index is 12.4. The molecule has 0 bridgehead atoms. The summed E-state index contributed by atoms with van der Waals surface area (Å²) in [6.45, 7) is 6.07. The van der Waals surface area contributed by atoms with E-state index in [9.17, 15) is 14.4 Å². The molecule has 0 aromatic carbocycles. The molecule has 1 atom stereocenters. The zero-order chi connectivity index (χ0) is 15.9. The molecule has 20 heavy (non-hydrogen) atoms. The summed E-state index contributed by atoms with van der Waals surface area (Å²) >= 11 is 0. The molecule has 116 valence electrons. The van der Waals surface area contributed by atoms with Crippen LogP contribution in [0.5, 0.6) is 0 Å². The van der Waals surface area contributed by atoms with E-state index < -0.39 is 12.0 Å². The van der Waals surface area contributed by atoms with Crippen molar-refractivity contribution in [1.82, 2.24) is 14.7 Å². The second-order valence-corrected chi connectivity index (χ2v) is 4.82. The van der Waals surface area contributed by atoms with Crippen molar-refractivity contribution in [2.24, 2.45) is 0 Å². The molecule has 7 heteroatoms. The average Bonchev–Trinajstić information content (AvgIpc) is 2.34. The highest BCUT2D eigenvalue weighted by Gasteiger charge is 2.26. The van der Waals surface area contributed by atoms with Crippen LogP contribution in [-0.2, 0) is 9.59 Å². The number of likely N-dealkylation sites (N-methyl/N-ethyl adjacent to an activating group) is 2. The van der Waals surface area contributed by atoms with Gasteiger partial charge in [-0.3, -0.25) is 9.59 Å². The largest absolute Gasteiger partial charge is 0.481 e. The van der Waals surface area contributed by atoms with Crippen molar-refractivity contribution in [2.45, 2.75) is 33.2 Å².